The van der Waals surface area contributed by atoms with Crippen LogP contribution >= 0.6 is 0 Å². The van der Waals surface area contributed by atoms with E-state index in [0.717, 1.165) is 5.75 Å². The van der Waals surface area contributed by atoms with E-state index >= 15 is 0 Å². The van der Waals surface area contributed by atoms with Crippen LogP contribution in [0.5, 0.6) is 5.75 Å². The second-order valence-corrected chi connectivity index (χ2v) is 11.0. The van der Waals surface area contributed by atoms with Crippen molar-refractivity contribution in [3.05, 3.63) is 126 Å². The molecule has 0 amide bonds. The summed E-state index contributed by atoms with van der Waals surface area (Å²) < 4.78 is 5.45. The van der Waals surface area contributed by atoms with E-state index in [1.165, 1.54) is 71.6 Å². The van der Waals surface area contributed by atoms with E-state index in [4.69, 9.17) is 4.74 Å². The van der Waals surface area contributed by atoms with Gasteiger partial charge in [-0.1, -0.05) is 110 Å². The number of rotatable bonds is 3. The summed E-state index contributed by atoms with van der Waals surface area (Å²) in [5.41, 5.74) is 11.8. The van der Waals surface area contributed by atoms with E-state index in [1.807, 2.05) is 0 Å². The average Bonchev–Trinajstić information content (AvgIpc) is 3.18. The van der Waals surface area contributed by atoms with Gasteiger partial charge in [0.15, 0.2) is 0 Å². The van der Waals surface area contributed by atoms with Crippen LogP contribution in [0.15, 0.2) is 109 Å². The Kier molecular flexibility index (Phi) is 5.00. The molecule has 0 heterocycles. The third-order valence-electron chi connectivity index (χ3n) is 8.43. The summed E-state index contributed by atoms with van der Waals surface area (Å²) in [4.78, 5) is 0. The molecule has 0 aliphatic heterocycles. The highest BCUT2D eigenvalue weighted by atomic mass is 16.5. The topological polar surface area (TPSA) is 9.23 Å². The molecule has 0 bridgehead atoms. The lowest BCUT2D eigenvalue weighted by atomic mass is 9.81. The van der Waals surface area contributed by atoms with Crippen molar-refractivity contribution in [1.29, 1.82) is 0 Å². The van der Waals surface area contributed by atoms with Gasteiger partial charge in [0.1, 0.15) is 5.75 Å². The van der Waals surface area contributed by atoms with Crippen LogP contribution in [0.4, 0.5) is 0 Å². The summed E-state index contributed by atoms with van der Waals surface area (Å²) in [6.45, 7) is 6.87. The van der Waals surface area contributed by atoms with Crippen LogP contribution in [-0.2, 0) is 5.41 Å². The van der Waals surface area contributed by atoms with E-state index in [9.17, 15) is 0 Å². The van der Waals surface area contributed by atoms with E-state index < -0.39 is 0 Å². The largest absolute Gasteiger partial charge is 0.497 e. The SMILES string of the molecule is COc1ccc(-c2c3ccccc3c(-c3ccc4c(c3)-c3ccccc3C4(C)C)c3cc(C)ccc23)cc1. The molecule has 0 saturated heterocycles. The van der Waals surface area contributed by atoms with Crippen molar-refractivity contribution in [1.82, 2.24) is 0 Å². The lowest BCUT2D eigenvalue weighted by molar-refractivity contribution is 0.415. The molecule has 0 N–H and O–H groups in total. The van der Waals surface area contributed by atoms with Crippen molar-refractivity contribution in [3.63, 3.8) is 0 Å². The van der Waals surface area contributed by atoms with Gasteiger partial charge in [0, 0.05) is 5.41 Å². The van der Waals surface area contributed by atoms with E-state index in [-0.39, 0.29) is 5.41 Å². The van der Waals surface area contributed by atoms with E-state index in [0.29, 0.717) is 0 Å². The Balaban J connectivity index is 1.57. The highest BCUT2D eigenvalue weighted by Gasteiger charge is 2.35. The molecule has 184 valence electrons. The Bertz CT molecular complexity index is 1870. The quantitative estimate of drug-likeness (QED) is 0.224. The van der Waals surface area contributed by atoms with Crippen molar-refractivity contribution in [3.8, 4) is 39.1 Å². The molecule has 0 spiro atoms. The number of fused-ring (bicyclic) bond motifs is 5. The van der Waals surface area contributed by atoms with Gasteiger partial charge in [0.25, 0.3) is 0 Å². The maximum absolute atomic E-state index is 5.45. The minimum absolute atomic E-state index is 0.00338. The van der Waals surface area contributed by atoms with Crippen molar-refractivity contribution < 1.29 is 4.74 Å². The van der Waals surface area contributed by atoms with Crippen LogP contribution in [-0.4, -0.2) is 7.11 Å². The normalized spacial score (nSPS) is 13.5. The fraction of sp³-hybridized carbons (Fsp3) is 0.135. The highest BCUT2D eigenvalue weighted by Crippen LogP contribution is 2.51. The second-order valence-electron chi connectivity index (χ2n) is 11.0. The molecule has 0 saturated carbocycles. The molecular weight excluding hydrogens is 460 g/mol. The smallest absolute Gasteiger partial charge is 0.118 e. The van der Waals surface area contributed by atoms with Crippen LogP contribution in [0, 0.1) is 6.92 Å². The molecule has 6 aromatic carbocycles. The average molecular weight is 491 g/mol. The van der Waals surface area contributed by atoms with Gasteiger partial charge in [0.05, 0.1) is 7.11 Å². The van der Waals surface area contributed by atoms with Gasteiger partial charge in [0.2, 0.25) is 0 Å². The van der Waals surface area contributed by atoms with Crippen molar-refractivity contribution in [2.75, 3.05) is 7.11 Å². The van der Waals surface area contributed by atoms with Gasteiger partial charge in [-0.3, -0.25) is 0 Å². The Morgan fingerprint density at radius 2 is 1.13 bits per heavy atom. The summed E-state index contributed by atoms with van der Waals surface area (Å²) in [5, 5.41) is 5.11. The van der Waals surface area contributed by atoms with Gasteiger partial charge < -0.3 is 4.74 Å². The molecule has 1 aliphatic rings. The lowest BCUT2D eigenvalue weighted by Crippen LogP contribution is -2.14. The minimum atomic E-state index is 0.00338. The fourth-order valence-electron chi connectivity index (χ4n) is 6.55. The zero-order valence-electron chi connectivity index (χ0n) is 22.3. The Labute approximate surface area is 224 Å². The Morgan fingerprint density at radius 1 is 0.526 bits per heavy atom. The van der Waals surface area contributed by atoms with E-state index in [2.05, 4.69) is 130 Å². The monoisotopic (exact) mass is 490 g/mol. The van der Waals surface area contributed by atoms with Gasteiger partial charge in [-0.2, -0.15) is 0 Å². The van der Waals surface area contributed by atoms with E-state index in [1.54, 1.807) is 7.11 Å². The van der Waals surface area contributed by atoms with Crippen LogP contribution in [0.2, 0.25) is 0 Å². The molecule has 0 atom stereocenters. The fourth-order valence-corrected chi connectivity index (χ4v) is 6.55. The van der Waals surface area contributed by atoms with Gasteiger partial charge >= 0.3 is 0 Å². The van der Waals surface area contributed by atoms with Gasteiger partial charge in [-0.25, -0.2) is 0 Å². The zero-order valence-corrected chi connectivity index (χ0v) is 22.3. The van der Waals surface area contributed by atoms with Crippen molar-refractivity contribution in [2.45, 2.75) is 26.2 Å². The predicted octanol–water partition coefficient (Wildman–Crippen LogP) is 9.95. The highest BCUT2D eigenvalue weighted by molar-refractivity contribution is 6.21. The van der Waals surface area contributed by atoms with Crippen LogP contribution in [0.3, 0.4) is 0 Å². The molecule has 0 unspecified atom stereocenters. The van der Waals surface area contributed by atoms with Crippen LogP contribution in [0.1, 0.15) is 30.5 Å². The number of aryl methyl sites for hydroxylation is 1. The number of benzene rings is 6. The summed E-state index contributed by atoms with van der Waals surface area (Å²) in [7, 11) is 1.72. The molecule has 0 radical (unpaired) electrons. The Morgan fingerprint density at radius 3 is 1.87 bits per heavy atom. The standard InChI is InChI=1S/C37H30O/c1-23-13-19-30-32(21-23)36(25-16-20-34-31(22-25)27-9-7-8-12-33(27)37(34,2)3)29-11-6-5-10-28(29)35(30)24-14-17-26(38-4)18-15-24/h5-22H,1-4H3. The third-order valence-corrected chi connectivity index (χ3v) is 8.43. The van der Waals surface area contributed by atoms with Gasteiger partial charge in [-0.15, -0.1) is 0 Å². The molecular formula is C37H30O. The lowest BCUT2D eigenvalue weighted by Gasteiger charge is -2.22. The number of hydrogen-bond acceptors (Lipinski definition) is 1. The minimum Gasteiger partial charge on any atom is -0.497 e. The predicted molar refractivity (Wildman–Crippen MR) is 161 cm³/mol. The molecule has 6 aromatic rings. The molecule has 1 aliphatic carbocycles. The summed E-state index contributed by atoms with van der Waals surface area (Å²) in [6, 6.07) is 40.2. The molecule has 1 nitrogen and oxygen atoms in total. The Hall–Kier alpha value is -4.36. The van der Waals surface area contributed by atoms with Crippen LogP contribution < -0.4 is 4.74 Å². The van der Waals surface area contributed by atoms with Gasteiger partial charge in [-0.05, 0) is 91.2 Å². The molecule has 1 heteroatoms. The second kappa shape index (κ2) is 8.33. The first-order valence-corrected chi connectivity index (χ1v) is 13.3. The number of hydrogen-bond donors (Lipinski definition) is 0. The summed E-state index contributed by atoms with van der Waals surface area (Å²) in [5.74, 6) is 0.871. The maximum atomic E-state index is 5.45. The van der Waals surface area contributed by atoms with Crippen molar-refractivity contribution >= 4 is 21.5 Å². The van der Waals surface area contributed by atoms with Crippen LogP contribution in [0.25, 0.3) is 54.9 Å². The summed E-state index contributed by atoms with van der Waals surface area (Å²) >= 11 is 0. The molecule has 0 aromatic heterocycles. The first-order chi connectivity index (χ1) is 18.5. The third kappa shape index (κ3) is 3.25. The molecule has 7 rings (SSSR count). The van der Waals surface area contributed by atoms with Crippen molar-refractivity contribution in [2.24, 2.45) is 0 Å². The molecule has 0 fully saturated rings. The zero-order chi connectivity index (χ0) is 26.0. The molecule has 38 heavy (non-hydrogen) atoms. The maximum Gasteiger partial charge on any atom is 0.118 e. The summed E-state index contributed by atoms with van der Waals surface area (Å²) in [6.07, 6.45) is 0. The number of methoxy groups -OCH3 is 1. The first-order valence-electron chi connectivity index (χ1n) is 13.3. The first kappa shape index (κ1) is 22.8. The number of ether oxygens (including phenoxy) is 1.